The maximum atomic E-state index is 14.1. The molecule has 0 aliphatic carbocycles. The molecule has 0 bridgehead atoms. The van der Waals surface area contributed by atoms with Crippen LogP contribution in [0.2, 0.25) is 20.1 Å². The number of imide groups is 1. The van der Waals surface area contributed by atoms with E-state index in [9.17, 15) is 23.2 Å². The Kier molecular flexibility index (Phi) is 5.79. The largest absolute Gasteiger partial charge is 0.300 e. The summed E-state index contributed by atoms with van der Waals surface area (Å²) in [6.45, 7) is 1.68. The first-order chi connectivity index (χ1) is 16.5. The summed E-state index contributed by atoms with van der Waals surface area (Å²) < 4.78 is 27.7. The average Bonchev–Trinajstić information content (AvgIpc) is 3.08. The summed E-state index contributed by atoms with van der Waals surface area (Å²) in [6, 6.07) is 6.86. The summed E-state index contributed by atoms with van der Waals surface area (Å²) in [4.78, 5) is 42.3. The maximum absolute atomic E-state index is 14.1. The van der Waals surface area contributed by atoms with Crippen LogP contribution < -0.4 is 4.90 Å². The molecule has 5 rings (SSSR count). The number of hydrogen-bond acceptors (Lipinski definition) is 3. The molecule has 3 aromatic rings. The number of β-lactam (4-membered cyclic amide) rings is 1. The Morgan fingerprint density at radius 3 is 1.74 bits per heavy atom. The lowest BCUT2D eigenvalue weighted by Crippen LogP contribution is -2.67. The molecular weight excluding hydrogens is 544 g/mol. The van der Waals surface area contributed by atoms with Gasteiger partial charge in [0.25, 0.3) is 17.7 Å². The SMILES string of the molecule is Cc1ccc(F)cc1N1C(=O)[C@H](N2C(=O)c3c(Cl)c(Cl)c(Cl)c(Cl)c3C2=O)[C@@H]1c1ccc(F)cc1. The highest BCUT2D eigenvalue weighted by Gasteiger charge is 2.58. The smallest absolute Gasteiger partial charge is 0.264 e. The number of benzene rings is 3. The van der Waals surface area contributed by atoms with E-state index in [0.29, 0.717) is 11.1 Å². The molecule has 2 heterocycles. The van der Waals surface area contributed by atoms with E-state index in [1.807, 2.05) is 0 Å². The van der Waals surface area contributed by atoms with Crippen molar-refractivity contribution in [3.63, 3.8) is 0 Å². The first-order valence-corrected chi connectivity index (χ1v) is 11.6. The van der Waals surface area contributed by atoms with Crippen LogP contribution in [-0.4, -0.2) is 28.7 Å². The van der Waals surface area contributed by atoms with Gasteiger partial charge in [0, 0.05) is 0 Å². The number of halogens is 6. The Morgan fingerprint density at radius 1 is 0.686 bits per heavy atom. The molecule has 0 unspecified atom stereocenters. The van der Waals surface area contributed by atoms with Gasteiger partial charge in [0.1, 0.15) is 17.7 Å². The van der Waals surface area contributed by atoms with E-state index in [4.69, 9.17) is 46.4 Å². The molecule has 0 spiro atoms. The van der Waals surface area contributed by atoms with Crippen molar-refractivity contribution in [2.75, 3.05) is 4.90 Å². The van der Waals surface area contributed by atoms with Crippen LogP contribution in [0, 0.1) is 18.6 Å². The van der Waals surface area contributed by atoms with Gasteiger partial charge in [-0.25, -0.2) is 8.78 Å². The zero-order valence-electron chi connectivity index (χ0n) is 17.6. The van der Waals surface area contributed by atoms with E-state index < -0.39 is 41.4 Å². The number of aryl methyl sites for hydroxylation is 1. The predicted octanol–water partition coefficient (Wildman–Crippen LogP) is 6.64. The van der Waals surface area contributed by atoms with Gasteiger partial charge in [-0.15, -0.1) is 0 Å². The second-order valence-corrected chi connectivity index (χ2v) is 9.58. The molecule has 2 atom stereocenters. The van der Waals surface area contributed by atoms with Crippen LogP contribution >= 0.6 is 46.4 Å². The topological polar surface area (TPSA) is 57.7 Å². The molecule has 178 valence electrons. The van der Waals surface area contributed by atoms with E-state index in [1.54, 1.807) is 6.92 Å². The molecule has 2 aliphatic heterocycles. The zero-order valence-corrected chi connectivity index (χ0v) is 20.6. The minimum atomic E-state index is -1.33. The van der Waals surface area contributed by atoms with Gasteiger partial charge in [0.2, 0.25) is 0 Å². The van der Waals surface area contributed by atoms with E-state index >= 15 is 0 Å². The molecule has 0 radical (unpaired) electrons. The minimum absolute atomic E-state index is 0.202. The minimum Gasteiger partial charge on any atom is -0.300 e. The van der Waals surface area contributed by atoms with Gasteiger partial charge < -0.3 is 4.90 Å². The van der Waals surface area contributed by atoms with E-state index in [-0.39, 0.29) is 36.9 Å². The van der Waals surface area contributed by atoms with Crippen LogP contribution in [0.15, 0.2) is 42.5 Å². The predicted molar refractivity (Wildman–Crippen MR) is 129 cm³/mol. The molecule has 11 heteroatoms. The highest BCUT2D eigenvalue weighted by Crippen LogP contribution is 2.49. The molecular formula is C24H12Cl4F2N2O3. The highest BCUT2D eigenvalue weighted by atomic mass is 35.5. The lowest BCUT2D eigenvalue weighted by Gasteiger charge is -2.50. The molecule has 0 saturated carbocycles. The number of hydrogen-bond donors (Lipinski definition) is 0. The lowest BCUT2D eigenvalue weighted by atomic mass is 9.85. The highest BCUT2D eigenvalue weighted by molar-refractivity contribution is 6.55. The fourth-order valence-electron chi connectivity index (χ4n) is 4.45. The molecule has 3 aromatic carbocycles. The molecule has 2 aliphatic rings. The van der Waals surface area contributed by atoms with Crippen molar-refractivity contribution in [1.82, 2.24) is 4.90 Å². The Morgan fingerprint density at radius 2 is 1.20 bits per heavy atom. The standard InChI is InChI=1S/C24H12Cl4F2N2O3/c1-9-2-5-12(30)8-13(9)31-20(10-3-6-11(29)7-4-10)21(24(31)35)32-22(33)14-15(23(32)34)17(26)19(28)18(27)16(14)25/h2-8,20-21H,1H3/t20-,21+/m0/s1. The van der Waals surface area contributed by atoms with Crippen molar-refractivity contribution in [2.24, 2.45) is 0 Å². The summed E-state index contributed by atoms with van der Waals surface area (Å²) >= 11 is 24.6. The summed E-state index contributed by atoms with van der Waals surface area (Å²) in [5.41, 5.74) is 0.727. The number of anilines is 1. The summed E-state index contributed by atoms with van der Waals surface area (Å²) in [7, 11) is 0. The van der Waals surface area contributed by atoms with Crippen LogP contribution in [0.3, 0.4) is 0 Å². The van der Waals surface area contributed by atoms with E-state index in [0.717, 1.165) is 4.90 Å². The zero-order chi connectivity index (χ0) is 25.3. The number of nitrogens with zero attached hydrogens (tertiary/aromatic N) is 2. The summed E-state index contributed by atoms with van der Waals surface area (Å²) in [5.74, 6) is -3.50. The van der Waals surface area contributed by atoms with Crippen LogP contribution in [0.1, 0.15) is 37.9 Å². The third-order valence-electron chi connectivity index (χ3n) is 6.12. The van der Waals surface area contributed by atoms with Gasteiger partial charge in [0.05, 0.1) is 42.9 Å². The molecule has 0 aromatic heterocycles. The van der Waals surface area contributed by atoms with Gasteiger partial charge in [-0.1, -0.05) is 64.6 Å². The van der Waals surface area contributed by atoms with Gasteiger partial charge in [-0.05, 0) is 42.3 Å². The van der Waals surface area contributed by atoms with Gasteiger partial charge in [-0.3, -0.25) is 19.3 Å². The fraction of sp³-hybridized carbons (Fsp3) is 0.125. The van der Waals surface area contributed by atoms with Crippen molar-refractivity contribution >= 4 is 69.8 Å². The summed E-state index contributed by atoms with van der Waals surface area (Å²) in [6.07, 6.45) is 0. The number of rotatable bonds is 3. The van der Waals surface area contributed by atoms with E-state index in [1.165, 1.54) is 47.4 Å². The Bertz CT molecular complexity index is 1420. The molecule has 1 saturated heterocycles. The number of amides is 3. The first kappa shape index (κ1) is 24.0. The van der Waals surface area contributed by atoms with Gasteiger partial charge in [-0.2, -0.15) is 0 Å². The van der Waals surface area contributed by atoms with Crippen molar-refractivity contribution < 1.29 is 23.2 Å². The van der Waals surface area contributed by atoms with Crippen molar-refractivity contribution in [3.8, 4) is 0 Å². The first-order valence-electron chi connectivity index (χ1n) is 10.1. The third-order valence-corrected chi connectivity index (χ3v) is 7.92. The number of carbonyl (C=O) groups excluding carboxylic acids is 3. The molecule has 3 amide bonds. The van der Waals surface area contributed by atoms with Crippen LogP contribution in [-0.2, 0) is 4.79 Å². The van der Waals surface area contributed by atoms with Crippen molar-refractivity contribution in [3.05, 3.63) is 96.4 Å². The quantitative estimate of drug-likeness (QED) is 0.157. The van der Waals surface area contributed by atoms with E-state index in [2.05, 4.69) is 0 Å². The molecule has 1 fully saturated rings. The Hall–Kier alpha value is -2.71. The van der Waals surface area contributed by atoms with Crippen molar-refractivity contribution in [2.45, 2.75) is 19.0 Å². The van der Waals surface area contributed by atoms with Crippen LogP contribution in [0.25, 0.3) is 0 Å². The second kappa shape index (κ2) is 8.45. The molecule has 35 heavy (non-hydrogen) atoms. The summed E-state index contributed by atoms with van der Waals surface area (Å²) in [5, 5.41) is -0.932. The Labute approximate surface area is 217 Å². The molecule has 0 N–H and O–H groups in total. The second-order valence-electron chi connectivity index (χ2n) is 8.07. The van der Waals surface area contributed by atoms with Gasteiger partial charge >= 0.3 is 0 Å². The van der Waals surface area contributed by atoms with Crippen molar-refractivity contribution in [1.29, 1.82) is 0 Å². The molecule has 5 nitrogen and oxygen atoms in total. The Balaban J connectivity index is 1.65. The van der Waals surface area contributed by atoms with Crippen LogP contribution in [0.4, 0.5) is 14.5 Å². The normalized spacial score (nSPS) is 19.3. The van der Waals surface area contributed by atoms with Crippen LogP contribution in [0.5, 0.6) is 0 Å². The third kappa shape index (κ3) is 3.44. The van der Waals surface area contributed by atoms with Gasteiger partial charge in [0.15, 0.2) is 0 Å². The number of carbonyl (C=O) groups is 3. The maximum Gasteiger partial charge on any atom is 0.264 e. The average molecular weight is 556 g/mol. The monoisotopic (exact) mass is 554 g/mol. The lowest BCUT2D eigenvalue weighted by molar-refractivity contribution is -0.130. The fourth-order valence-corrected chi connectivity index (χ4v) is 5.46. The number of fused-ring (bicyclic) bond motifs is 1.